The highest BCUT2D eigenvalue weighted by Crippen LogP contribution is 2.32. The van der Waals surface area contributed by atoms with E-state index < -0.39 is 5.60 Å². The number of aliphatic hydroxyl groups is 2. The lowest BCUT2D eigenvalue weighted by molar-refractivity contribution is 0.0248. The second-order valence-electron chi connectivity index (χ2n) is 3.43. The van der Waals surface area contributed by atoms with Crippen LogP contribution in [0.15, 0.2) is 12.7 Å². The molecular weight excluding hydrogens is 140 g/mol. The molecule has 1 aliphatic rings. The van der Waals surface area contributed by atoms with Crippen molar-refractivity contribution in [2.75, 3.05) is 6.61 Å². The summed E-state index contributed by atoms with van der Waals surface area (Å²) in [5.41, 5.74) is -0.647. The fourth-order valence-corrected chi connectivity index (χ4v) is 1.56. The zero-order chi connectivity index (χ0) is 8.32. The first-order valence-electron chi connectivity index (χ1n) is 4.17. The Balaban J connectivity index is 2.41. The lowest BCUT2D eigenvalue weighted by Crippen LogP contribution is -2.32. The second-order valence-corrected chi connectivity index (χ2v) is 3.43. The van der Waals surface area contributed by atoms with Crippen molar-refractivity contribution >= 4 is 0 Å². The molecule has 2 heteroatoms. The van der Waals surface area contributed by atoms with E-state index in [1.54, 1.807) is 6.08 Å². The second kappa shape index (κ2) is 3.37. The topological polar surface area (TPSA) is 40.5 Å². The standard InChI is InChI=1S/C9H16O2/c1-2-9(11)5-3-8(7-10)4-6-9/h2,8,10-11H,1,3-7H2. The maximum atomic E-state index is 9.69. The lowest BCUT2D eigenvalue weighted by Gasteiger charge is -2.32. The average Bonchev–Trinajstić information content (AvgIpc) is 2.06. The number of hydrogen-bond donors (Lipinski definition) is 2. The molecule has 2 N–H and O–H groups in total. The molecule has 1 aliphatic carbocycles. The van der Waals surface area contributed by atoms with Crippen molar-refractivity contribution in [3.63, 3.8) is 0 Å². The molecule has 0 saturated heterocycles. The highest BCUT2D eigenvalue weighted by molar-refractivity contribution is 4.98. The van der Waals surface area contributed by atoms with E-state index >= 15 is 0 Å². The molecular formula is C9H16O2. The quantitative estimate of drug-likeness (QED) is 0.587. The lowest BCUT2D eigenvalue weighted by atomic mass is 9.79. The Morgan fingerprint density at radius 2 is 2.00 bits per heavy atom. The third kappa shape index (κ3) is 2.04. The van der Waals surface area contributed by atoms with E-state index in [0.29, 0.717) is 5.92 Å². The van der Waals surface area contributed by atoms with Crippen LogP contribution < -0.4 is 0 Å². The van der Waals surface area contributed by atoms with Crippen LogP contribution in [0.4, 0.5) is 0 Å². The maximum absolute atomic E-state index is 9.69. The van der Waals surface area contributed by atoms with Crippen LogP contribution in [-0.4, -0.2) is 22.4 Å². The Morgan fingerprint density at radius 3 is 2.36 bits per heavy atom. The fraction of sp³-hybridized carbons (Fsp3) is 0.778. The van der Waals surface area contributed by atoms with Gasteiger partial charge in [-0.05, 0) is 31.6 Å². The molecule has 2 nitrogen and oxygen atoms in total. The molecule has 0 spiro atoms. The van der Waals surface area contributed by atoms with Crippen LogP contribution >= 0.6 is 0 Å². The van der Waals surface area contributed by atoms with Crippen molar-refractivity contribution < 1.29 is 10.2 Å². The predicted octanol–water partition coefficient (Wildman–Crippen LogP) is 1.09. The third-order valence-electron chi connectivity index (χ3n) is 2.61. The first-order chi connectivity index (χ1) is 5.20. The van der Waals surface area contributed by atoms with Crippen LogP contribution in [0, 0.1) is 5.92 Å². The largest absolute Gasteiger partial charge is 0.396 e. The summed E-state index contributed by atoms with van der Waals surface area (Å²) in [4.78, 5) is 0. The summed E-state index contributed by atoms with van der Waals surface area (Å²) in [5.74, 6) is 0.398. The molecule has 0 amide bonds. The van der Waals surface area contributed by atoms with Crippen molar-refractivity contribution in [3.05, 3.63) is 12.7 Å². The Hall–Kier alpha value is -0.340. The molecule has 0 atom stereocenters. The minimum atomic E-state index is -0.647. The summed E-state index contributed by atoms with van der Waals surface area (Å²) in [7, 11) is 0. The van der Waals surface area contributed by atoms with Gasteiger partial charge >= 0.3 is 0 Å². The van der Waals surface area contributed by atoms with Crippen molar-refractivity contribution in [2.24, 2.45) is 5.92 Å². The Labute approximate surface area is 67.6 Å². The molecule has 0 aromatic rings. The summed E-state index contributed by atoms with van der Waals surface area (Å²) >= 11 is 0. The summed E-state index contributed by atoms with van der Waals surface area (Å²) in [5, 5.41) is 18.5. The third-order valence-corrected chi connectivity index (χ3v) is 2.61. The number of rotatable bonds is 2. The van der Waals surface area contributed by atoms with Gasteiger partial charge in [-0.1, -0.05) is 6.08 Å². The smallest absolute Gasteiger partial charge is 0.0825 e. The van der Waals surface area contributed by atoms with E-state index in [1.165, 1.54) is 0 Å². The van der Waals surface area contributed by atoms with E-state index in [4.69, 9.17) is 5.11 Å². The minimum absolute atomic E-state index is 0.257. The van der Waals surface area contributed by atoms with Gasteiger partial charge in [0.1, 0.15) is 0 Å². The molecule has 1 saturated carbocycles. The van der Waals surface area contributed by atoms with Crippen LogP contribution in [0.3, 0.4) is 0 Å². The molecule has 0 aliphatic heterocycles. The Kier molecular flexibility index (Phi) is 2.68. The van der Waals surface area contributed by atoms with Crippen molar-refractivity contribution in [1.29, 1.82) is 0 Å². The maximum Gasteiger partial charge on any atom is 0.0825 e. The highest BCUT2D eigenvalue weighted by Gasteiger charge is 2.29. The van der Waals surface area contributed by atoms with Gasteiger partial charge in [0, 0.05) is 6.61 Å². The van der Waals surface area contributed by atoms with Crippen molar-refractivity contribution in [2.45, 2.75) is 31.3 Å². The number of aliphatic hydroxyl groups excluding tert-OH is 1. The molecule has 11 heavy (non-hydrogen) atoms. The van der Waals surface area contributed by atoms with E-state index in [1.807, 2.05) is 0 Å². The molecule has 0 aromatic carbocycles. The summed E-state index contributed by atoms with van der Waals surface area (Å²) in [6.07, 6.45) is 4.96. The molecule has 1 fully saturated rings. The van der Waals surface area contributed by atoms with Crippen LogP contribution in [0.5, 0.6) is 0 Å². The van der Waals surface area contributed by atoms with E-state index in [0.717, 1.165) is 25.7 Å². The van der Waals surface area contributed by atoms with Crippen LogP contribution in [0.2, 0.25) is 0 Å². The summed E-state index contributed by atoms with van der Waals surface area (Å²) < 4.78 is 0. The fourth-order valence-electron chi connectivity index (χ4n) is 1.56. The number of hydrogen-bond acceptors (Lipinski definition) is 2. The first-order valence-corrected chi connectivity index (χ1v) is 4.17. The van der Waals surface area contributed by atoms with Crippen LogP contribution in [0.25, 0.3) is 0 Å². The van der Waals surface area contributed by atoms with Gasteiger partial charge in [-0.3, -0.25) is 0 Å². The molecule has 64 valence electrons. The molecule has 0 aromatic heterocycles. The summed E-state index contributed by atoms with van der Waals surface area (Å²) in [6.45, 7) is 3.85. The Morgan fingerprint density at radius 1 is 1.45 bits per heavy atom. The Bertz CT molecular complexity index is 134. The van der Waals surface area contributed by atoms with Gasteiger partial charge < -0.3 is 10.2 Å². The summed E-state index contributed by atoms with van der Waals surface area (Å²) in [6, 6.07) is 0. The SMILES string of the molecule is C=CC1(O)CCC(CO)CC1. The van der Waals surface area contributed by atoms with Crippen molar-refractivity contribution in [3.8, 4) is 0 Å². The zero-order valence-corrected chi connectivity index (χ0v) is 6.79. The van der Waals surface area contributed by atoms with Crippen LogP contribution in [-0.2, 0) is 0 Å². The van der Waals surface area contributed by atoms with Gasteiger partial charge in [0.05, 0.1) is 5.60 Å². The van der Waals surface area contributed by atoms with Gasteiger partial charge in [0.25, 0.3) is 0 Å². The van der Waals surface area contributed by atoms with Gasteiger partial charge in [-0.2, -0.15) is 0 Å². The van der Waals surface area contributed by atoms with Gasteiger partial charge in [-0.15, -0.1) is 6.58 Å². The molecule has 1 rings (SSSR count). The highest BCUT2D eigenvalue weighted by atomic mass is 16.3. The molecule has 0 unspecified atom stereocenters. The average molecular weight is 156 g/mol. The molecule has 0 radical (unpaired) electrons. The molecule has 0 bridgehead atoms. The van der Waals surface area contributed by atoms with Gasteiger partial charge in [-0.25, -0.2) is 0 Å². The first kappa shape index (κ1) is 8.75. The molecule has 0 heterocycles. The predicted molar refractivity (Wildman–Crippen MR) is 44.2 cm³/mol. The monoisotopic (exact) mass is 156 g/mol. The van der Waals surface area contributed by atoms with Crippen LogP contribution in [0.1, 0.15) is 25.7 Å². The van der Waals surface area contributed by atoms with E-state index in [9.17, 15) is 5.11 Å². The normalized spacial score (nSPS) is 38.5. The van der Waals surface area contributed by atoms with E-state index in [-0.39, 0.29) is 6.61 Å². The van der Waals surface area contributed by atoms with Crippen molar-refractivity contribution in [1.82, 2.24) is 0 Å². The van der Waals surface area contributed by atoms with Gasteiger partial charge in [0.2, 0.25) is 0 Å². The van der Waals surface area contributed by atoms with E-state index in [2.05, 4.69) is 6.58 Å². The zero-order valence-electron chi connectivity index (χ0n) is 6.79. The van der Waals surface area contributed by atoms with Gasteiger partial charge in [0.15, 0.2) is 0 Å². The minimum Gasteiger partial charge on any atom is -0.396 e.